The molecule has 1 aromatic carbocycles. The normalized spacial score (nSPS) is 16.0. The van der Waals surface area contributed by atoms with E-state index in [-0.39, 0.29) is 10.3 Å². The van der Waals surface area contributed by atoms with Crippen LogP contribution < -0.4 is 10.9 Å². The minimum Gasteiger partial charge on any atom is -0.366 e. The number of primary sulfonamides is 1. The molecule has 164 valence electrons. The lowest BCUT2D eigenvalue weighted by Gasteiger charge is -2.25. The van der Waals surface area contributed by atoms with Gasteiger partial charge in [-0.2, -0.15) is 0 Å². The van der Waals surface area contributed by atoms with Gasteiger partial charge < -0.3 is 10.3 Å². The Kier molecular flexibility index (Phi) is 6.16. The average molecular weight is 432 g/mol. The van der Waals surface area contributed by atoms with Crippen LogP contribution in [0.15, 0.2) is 29.2 Å². The summed E-state index contributed by atoms with van der Waals surface area (Å²) in [7, 11) is -3.86. The first-order chi connectivity index (χ1) is 13.9. The molecule has 7 heteroatoms. The lowest BCUT2D eigenvalue weighted by molar-refractivity contribution is 0.1000. The van der Waals surface area contributed by atoms with Crippen molar-refractivity contribution in [3.05, 3.63) is 41.1 Å². The topological polar surface area (TPSA) is 108 Å². The van der Waals surface area contributed by atoms with Crippen molar-refractivity contribution in [3.63, 3.8) is 0 Å². The van der Waals surface area contributed by atoms with E-state index in [1.54, 1.807) is 19.1 Å². The van der Waals surface area contributed by atoms with Crippen molar-refractivity contribution in [2.45, 2.75) is 76.7 Å². The maximum absolute atomic E-state index is 12.2. The van der Waals surface area contributed by atoms with Crippen molar-refractivity contribution in [1.82, 2.24) is 4.57 Å². The van der Waals surface area contributed by atoms with Crippen LogP contribution in [-0.4, -0.2) is 18.9 Å². The molecule has 0 bridgehead atoms. The number of primary amides is 1. The van der Waals surface area contributed by atoms with Crippen LogP contribution in [0.25, 0.3) is 11.3 Å². The zero-order valence-electron chi connectivity index (χ0n) is 18.4. The van der Waals surface area contributed by atoms with E-state index in [4.69, 9.17) is 10.9 Å². The highest BCUT2D eigenvalue weighted by atomic mass is 32.2. The Morgan fingerprint density at radius 3 is 2.27 bits per heavy atom. The van der Waals surface area contributed by atoms with Crippen molar-refractivity contribution in [2.75, 3.05) is 0 Å². The maximum atomic E-state index is 12.2. The molecule has 1 aliphatic rings. The van der Waals surface area contributed by atoms with Gasteiger partial charge in [0.1, 0.15) is 4.90 Å². The standard InChI is InChI=1S/C23H33N3O3S/c1-15-21(30(25,28)29)13-20(26(15)14-16-8-6-5-7-9-16)17-10-18(22(24)27)12-19(11-17)23(2,3)4/h10-13,16H,5-9,14H2,1-4H3,(H2,24,27)(H2,25,28,29). The largest absolute Gasteiger partial charge is 0.366 e. The summed E-state index contributed by atoms with van der Waals surface area (Å²) in [6.45, 7) is 8.74. The number of sulfonamides is 1. The fourth-order valence-electron chi connectivity index (χ4n) is 4.36. The molecule has 4 N–H and O–H groups in total. The first-order valence-electron chi connectivity index (χ1n) is 10.6. The fraction of sp³-hybridized carbons (Fsp3) is 0.522. The van der Waals surface area contributed by atoms with Gasteiger partial charge in [-0.05, 0) is 66.5 Å². The van der Waals surface area contributed by atoms with Crippen LogP contribution in [0.4, 0.5) is 0 Å². The number of nitrogens with zero attached hydrogens (tertiary/aromatic N) is 1. The predicted octanol–water partition coefficient (Wildman–Crippen LogP) is 4.09. The third-order valence-electron chi connectivity index (χ3n) is 6.17. The second kappa shape index (κ2) is 8.19. The van der Waals surface area contributed by atoms with E-state index >= 15 is 0 Å². The molecule has 30 heavy (non-hydrogen) atoms. The minimum atomic E-state index is -3.86. The molecule has 1 fully saturated rings. The Balaban J connectivity index is 2.21. The number of hydrogen-bond donors (Lipinski definition) is 2. The van der Waals surface area contributed by atoms with Crippen molar-refractivity contribution >= 4 is 15.9 Å². The highest BCUT2D eigenvalue weighted by Crippen LogP contribution is 2.35. The maximum Gasteiger partial charge on any atom is 0.248 e. The zero-order valence-corrected chi connectivity index (χ0v) is 19.2. The van der Waals surface area contributed by atoms with Crippen molar-refractivity contribution in [2.24, 2.45) is 16.8 Å². The molecule has 0 saturated heterocycles. The molecule has 1 saturated carbocycles. The Hall–Kier alpha value is -2.12. The van der Waals surface area contributed by atoms with Crippen molar-refractivity contribution < 1.29 is 13.2 Å². The van der Waals surface area contributed by atoms with Gasteiger partial charge in [0.05, 0.1) is 0 Å². The molecule has 1 heterocycles. The number of carbonyl (C=O) groups excluding carboxylic acids is 1. The minimum absolute atomic E-state index is 0.134. The van der Waals surface area contributed by atoms with Crippen LogP contribution in [0.3, 0.4) is 0 Å². The van der Waals surface area contributed by atoms with Gasteiger partial charge in [-0.15, -0.1) is 0 Å². The molecule has 6 nitrogen and oxygen atoms in total. The van der Waals surface area contributed by atoms with E-state index in [0.717, 1.165) is 36.2 Å². The Morgan fingerprint density at radius 2 is 1.73 bits per heavy atom. The number of benzene rings is 1. The second-order valence-electron chi connectivity index (χ2n) is 9.55. The van der Waals surface area contributed by atoms with Gasteiger partial charge in [-0.25, -0.2) is 13.6 Å². The molecule has 0 spiro atoms. The SMILES string of the molecule is Cc1c(S(N)(=O)=O)cc(-c2cc(C(N)=O)cc(C(C)(C)C)c2)n1CC1CCCCC1. The predicted molar refractivity (Wildman–Crippen MR) is 120 cm³/mol. The molecular weight excluding hydrogens is 398 g/mol. The lowest BCUT2D eigenvalue weighted by Crippen LogP contribution is -2.18. The molecule has 1 aliphatic carbocycles. The van der Waals surface area contributed by atoms with Crippen LogP contribution >= 0.6 is 0 Å². The zero-order chi connectivity index (χ0) is 22.3. The summed E-state index contributed by atoms with van der Waals surface area (Å²) in [4.78, 5) is 12.1. The first kappa shape index (κ1) is 22.6. The summed E-state index contributed by atoms with van der Waals surface area (Å²) in [5, 5.41) is 5.51. The number of carbonyl (C=O) groups is 1. The summed E-state index contributed by atoms with van der Waals surface area (Å²) in [5.41, 5.74) is 8.97. The molecule has 0 radical (unpaired) electrons. The second-order valence-corrected chi connectivity index (χ2v) is 11.1. The van der Waals surface area contributed by atoms with Gasteiger partial charge in [0, 0.05) is 23.5 Å². The van der Waals surface area contributed by atoms with Gasteiger partial charge in [0.15, 0.2) is 0 Å². The molecule has 1 aromatic heterocycles. The fourth-order valence-corrected chi connectivity index (χ4v) is 5.16. The van der Waals surface area contributed by atoms with Gasteiger partial charge in [-0.3, -0.25) is 4.79 Å². The molecule has 2 aromatic rings. The first-order valence-corrected chi connectivity index (χ1v) is 12.1. The van der Waals surface area contributed by atoms with Crippen LogP contribution in [0, 0.1) is 12.8 Å². The number of aromatic nitrogens is 1. The summed E-state index contributed by atoms with van der Waals surface area (Å²) >= 11 is 0. The third kappa shape index (κ3) is 4.78. The Morgan fingerprint density at radius 1 is 1.10 bits per heavy atom. The molecule has 0 unspecified atom stereocenters. The van der Waals surface area contributed by atoms with Gasteiger partial charge in [0.25, 0.3) is 0 Å². The molecule has 1 amide bonds. The van der Waals surface area contributed by atoms with E-state index in [1.807, 2.05) is 12.1 Å². The highest BCUT2D eigenvalue weighted by molar-refractivity contribution is 7.89. The monoisotopic (exact) mass is 431 g/mol. The van der Waals surface area contributed by atoms with Crippen molar-refractivity contribution in [1.29, 1.82) is 0 Å². The quantitative estimate of drug-likeness (QED) is 0.744. The van der Waals surface area contributed by atoms with E-state index in [2.05, 4.69) is 25.3 Å². The van der Waals surface area contributed by atoms with Gasteiger partial charge in [-0.1, -0.05) is 40.0 Å². The molecule has 3 rings (SSSR count). The van der Waals surface area contributed by atoms with Crippen LogP contribution in [-0.2, 0) is 22.0 Å². The summed E-state index contributed by atoms with van der Waals surface area (Å²) in [6, 6.07) is 7.22. The number of nitrogens with two attached hydrogens (primary N) is 2. The molecule has 0 aliphatic heterocycles. The summed E-state index contributed by atoms with van der Waals surface area (Å²) < 4.78 is 26.5. The van der Waals surface area contributed by atoms with Crippen LogP contribution in [0.5, 0.6) is 0 Å². The number of hydrogen-bond acceptors (Lipinski definition) is 3. The summed E-state index contributed by atoms with van der Waals surface area (Å²) in [5.74, 6) is -0.00512. The van der Waals surface area contributed by atoms with E-state index in [1.165, 1.54) is 19.3 Å². The average Bonchev–Trinajstić information content (AvgIpc) is 2.98. The number of amides is 1. The van der Waals surface area contributed by atoms with Crippen molar-refractivity contribution in [3.8, 4) is 11.3 Å². The third-order valence-corrected chi connectivity index (χ3v) is 7.20. The molecule has 0 atom stereocenters. The van der Waals surface area contributed by atoms with E-state index in [0.29, 0.717) is 17.2 Å². The highest BCUT2D eigenvalue weighted by Gasteiger charge is 2.25. The van der Waals surface area contributed by atoms with E-state index in [9.17, 15) is 13.2 Å². The Labute approximate surface area is 179 Å². The molecular formula is C23H33N3O3S. The van der Waals surface area contributed by atoms with Crippen LogP contribution in [0.1, 0.15) is 74.5 Å². The van der Waals surface area contributed by atoms with Gasteiger partial charge in [0.2, 0.25) is 15.9 Å². The smallest absolute Gasteiger partial charge is 0.248 e. The van der Waals surface area contributed by atoms with Crippen LogP contribution in [0.2, 0.25) is 0 Å². The number of rotatable bonds is 5. The Bertz CT molecular complexity index is 1060. The van der Waals surface area contributed by atoms with E-state index < -0.39 is 15.9 Å². The summed E-state index contributed by atoms with van der Waals surface area (Å²) in [6.07, 6.45) is 5.93. The lowest BCUT2D eigenvalue weighted by atomic mass is 9.84. The van der Waals surface area contributed by atoms with Gasteiger partial charge >= 0.3 is 0 Å².